The van der Waals surface area contributed by atoms with Crippen molar-refractivity contribution in [3.63, 3.8) is 0 Å². The van der Waals surface area contributed by atoms with Gasteiger partial charge in [-0.2, -0.15) is 0 Å². The Morgan fingerprint density at radius 3 is 1.88 bits per heavy atom. The van der Waals surface area contributed by atoms with Gasteiger partial charge in [-0.1, -0.05) is 25.1 Å². The van der Waals surface area contributed by atoms with Crippen LogP contribution < -0.4 is 0 Å². The molecule has 0 amide bonds. The van der Waals surface area contributed by atoms with Gasteiger partial charge < -0.3 is 33.5 Å². The SMILES string of the molecule is CC(=O)OC1C[C@H](C)[C@]23OC(C)(C)[C@H](C(OC(C)=O)C(OC(=O)c4ccccc4)[C@]2(CO)C1OC(C)=O)C3OC(C)=O. The van der Waals surface area contributed by atoms with Crippen LogP contribution in [-0.4, -0.2) is 83.3 Å². The maximum atomic E-state index is 13.6. The average Bonchev–Trinajstić information content (AvgIpc) is 3.07. The fourth-order valence-corrected chi connectivity index (χ4v) is 7.61. The second kappa shape index (κ2) is 11.3. The van der Waals surface area contributed by atoms with Gasteiger partial charge in [0.25, 0.3) is 0 Å². The van der Waals surface area contributed by atoms with Crippen molar-refractivity contribution >= 4 is 29.8 Å². The lowest BCUT2D eigenvalue weighted by Gasteiger charge is -2.64. The fraction of sp³-hybridized carbons (Fsp3) is 0.633. The zero-order valence-electron chi connectivity index (χ0n) is 24.8. The standard InChI is InChI=1S/C30H38O12/c1-15-13-21(37-16(2)32)24(39-18(4)34)29(14-31)26(41-27(36)20-11-9-8-10-12-20)23(38-17(3)33)22-25(40-19(5)35)30(15,29)42-28(22,6)7/h8-12,15,21-26,31H,13-14H2,1-7H3/t15-,21?,22+,23?,24?,25?,26?,29-,30+/m0/s1. The minimum Gasteiger partial charge on any atom is -0.459 e. The Hall–Kier alpha value is -3.51. The van der Waals surface area contributed by atoms with E-state index < -0.39 is 95.4 Å². The van der Waals surface area contributed by atoms with Crippen LogP contribution in [0.2, 0.25) is 0 Å². The first kappa shape index (κ1) is 31.4. The number of rotatable bonds is 7. The molecule has 1 N–H and O–H groups in total. The summed E-state index contributed by atoms with van der Waals surface area (Å²) in [6.45, 7) is 9.05. The van der Waals surface area contributed by atoms with Crippen molar-refractivity contribution in [1.82, 2.24) is 0 Å². The van der Waals surface area contributed by atoms with E-state index in [4.69, 9.17) is 28.4 Å². The van der Waals surface area contributed by atoms with Crippen LogP contribution in [0.1, 0.15) is 65.2 Å². The van der Waals surface area contributed by atoms with E-state index in [1.165, 1.54) is 32.9 Å². The number of carbonyl (C=O) groups is 5. The van der Waals surface area contributed by atoms with E-state index in [1.807, 2.05) is 0 Å². The quantitative estimate of drug-likeness (QED) is 0.364. The third-order valence-electron chi connectivity index (χ3n) is 8.74. The summed E-state index contributed by atoms with van der Waals surface area (Å²) in [5.74, 6) is -5.20. The first-order valence-electron chi connectivity index (χ1n) is 13.9. The summed E-state index contributed by atoms with van der Waals surface area (Å²) in [5.41, 5.74) is -4.62. The Kier molecular flexibility index (Phi) is 8.45. The Morgan fingerprint density at radius 1 is 0.810 bits per heavy atom. The maximum Gasteiger partial charge on any atom is 0.338 e. The molecular formula is C30H38O12. The minimum absolute atomic E-state index is 0.0808. The number of benzene rings is 1. The number of hydrogen-bond acceptors (Lipinski definition) is 12. The Balaban J connectivity index is 2.07. The normalized spacial score (nSPS) is 36.1. The van der Waals surface area contributed by atoms with Crippen LogP contribution in [0.3, 0.4) is 0 Å². The molecule has 1 spiro atoms. The highest BCUT2D eigenvalue weighted by molar-refractivity contribution is 5.89. The maximum absolute atomic E-state index is 13.6. The second-order valence-electron chi connectivity index (χ2n) is 11.8. The molecule has 12 heteroatoms. The fourth-order valence-electron chi connectivity index (χ4n) is 7.61. The molecule has 1 heterocycles. The van der Waals surface area contributed by atoms with E-state index >= 15 is 0 Å². The topological polar surface area (TPSA) is 161 Å². The van der Waals surface area contributed by atoms with Crippen LogP contribution in [0, 0.1) is 17.3 Å². The largest absolute Gasteiger partial charge is 0.459 e. The van der Waals surface area contributed by atoms with Crippen molar-refractivity contribution in [2.24, 2.45) is 17.3 Å². The second-order valence-corrected chi connectivity index (χ2v) is 11.8. The van der Waals surface area contributed by atoms with Crippen molar-refractivity contribution in [1.29, 1.82) is 0 Å². The molecule has 12 nitrogen and oxygen atoms in total. The highest BCUT2D eigenvalue weighted by Gasteiger charge is 2.85. The van der Waals surface area contributed by atoms with Crippen molar-refractivity contribution in [3.8, 4) is 0 Å². The lowest BCUT2D eigenvalue weighted by atomic mass is 9.47. The number of ether oxygens (including phenoxy) is 6. The average molecular weight is 591 g/mol. The molecule has 1 aromatic carbocycles. The van der Waals surface area contributed by atoms with E-state index in [0.29, 0.717) is 0 Å². The Labute approximate surface area is 243 Å². The van der Waals surface area contributed by atoms with Gasteiger partial charge in [-0.25, -0.2) is 4.79 Å². The number of carbonyl (C=O) groups excluding carboxylic acids is 5. The van der Waals surface area contributed by atoms with Gasteiger partial charge in [-0.3, -0.25) is 19.2 Å². The van der Waals surface area contributed by atoms with Gasteiger partial charge in [0.1, 0.15) is 29.3 Å². The molecule has 0 aromatic heterocycles. The molecule has 3 aliphatic rings. The predicted molar refractivity (Wildman–Crippen MR) is 143 cm³/mol. The highest BCUT2D eigenvalue weighted by Crippen LogP contribution is 2.68. The molecule has 1 aliphatic heterocycles. The first-order valence-corrected chi connectivity index (χ1v) is 13.9. The van der Waals surface area contributed by atoms with Crippen LogP contribution in [0.4, 0.5) is 0 Å². The molecule has 2 aliphatic carbocycles. The van der Waals surface area contributed by atoms with E-state index in [1.54, 1.807) is 39.0 Å². The number of esters is 5. The molecular weight excluding hydrogens is 552 g/mol. The van der Waals surface area contributed by atoms with Gasteiger partial charge >= 0.3 is 29.8 Å². The molecule has 0 radical (unpaired) electrons. The Morgan fingerprint density at radius 2 is 1.36 bits per heavy atom. The van der Waals surface area contributed by atoms with Gasteiger partial charge in [-0.05, 0) is 38.3 Å². The van der Waals surface area contributed by atoms with Gasteiger partial charge in [0.15, 0.2) is 12.2 Å². The molecule has 4 rings (SSSR count). The monoisotopic (exact) mass is 590 g/mol. The summed E-state index contributed by atoms with van der Waals surface area (Å²) >= 11 is 0. The Bertz CT molecular complexity index is 1240. The highest BCUT2D eigenvalue weighted by atomic mass is 16.6. The minimum atomic E-state index is -1.95. The van der Waals surface area contributed by atoms with Crippen LogP contribution >= 0.6 is 0 Å². The zero-order chi connectivity index (χ0) is 31.2. The molecule has 42 heavy (non-hydrogen) atoms. The first-order chi connectivity index (χ1) is 19.6. The van der Waals surface area contributed by atoms with Gasteiger partial charge in [0.05, 0.1) is 23.7 Å². The third kappa shape index (κ3) is 4.94. The third-order valence-corrected chi connectivity index (χ3v) is 8.74. The smallest absolute Gasteiger partial charge is 0.338 e. The van der Waals surface area contributed by atoms with E-state index in [-0.39, 0.29) is 12.0 Å². The van der Waals surface area contributed by atoms with Crippen molar-refractivity contribution in [2.75, 3.05) is 6.61 Å². The van der Waals surface area contributed by atoms with Crippen LogP contribution in [0.25, 0.3) is 0 Å². The summed E-state index contributed by atoms with van der Waals surface area (Å²) in [7, 11) is 0. The van der Waals surface area contributed by atoms with Crippen LogP contribution in [0.15, 0.2) is 30.3 Å². The van der Waals surface area contributed by atoms with Crippen molar-refractivity contribution in [3.05, 3.63) is 35.9 Å². The van der Waals surface area contributed by atoms with Crippen LogP contribution in [0.5, 0.6) is 0 Å². The van der Waals surface area contributed by atoms with E-state index in [2.05, 4.69) is 0 Å². The lowest BCUT2D eigenvalue weighted by molar-refractivity contribution is -0.329. The van der Waals surface area contributed by atoms with E-state index in [0.717, 1.165) is 6.92 Å². The molecule has 2 bridgehead atoms. The summed E-state index contributed by atoms with van der Waals surface area (Å²) in [6, 6.07) is 8.04. The van der Waals surface area contributed by atoms with Gasteiger partial charge in [0.2, 0.25) is 0 Å². The van der Waals surface area contributed by atoms with Gasteiger partial charge in [-0.15, -0.1) is 0 Å². The zero-order valence-corrected chi connectivity index (χ0v) is 24.8. The number of hydrogen-bond donors (Lipinski definition) is 1. The van der Waals surface area contributed by atoms with Crippen molar-refractivity contribution < 1.29 is 57.5 Å². The summed E-state index contributed by atoms with van der Waals surface area (Å²) in [4.78, 5) is 63.6. The summed E-state index contributed by atoms with van der Waals surface area (Å²) < 4.78 is 36.2. The molecule has 1 aromatic rings. The predicted octanol–water partition coefficient (Wildman–Crippen LogP) is 2.13. The molecule has 1 saturated heterocycles. The molecule has 2 saturated carbocycles. The number of aliphatic hydroxyl groups is 1. The lowest BCUT2D eigenvalue weighted by Crippen LogP contribution is -2.81. The summed E-state index contributed by atoms with van der Waals surface area (Å²) in [6.07, 6.45) is -6.53. The van der Waals surface area contributed by atoms with Gasteiger partial charge in [0, 0.05) is 27.7 Å². The number of fused-ring (bicyclic) bond motifs is 1. The molecule has 230 valence electrons. The van der Waals surface area contributed by atoms with E-state index in [9.17, 15) is 29.1 Å². The summed E-state index contributed by atoms with van der Waals surface area (Å²) in [5, 5.41) is 11.5. The molecule has 3 fully saturated rings. The molecule has 9 atom stereocenters. The van der Waals surface area contributed by atoms with Crippen LogP contribution in [-0.2, 0) is 47.6 Å². The number of aliphatic hydroxyl groups excluding tert-OH is 1. The van der Waals surface area contributed by atoms with Crippen molar-refractivity contribution in [2.45, 2.75) is 96.6 Å². The molecule has 5 unspecified atom stereocenters.